The molecule has 130 valence electrons. The molecule has 0 saturated carbocycles. The van der Waals surface area contributed by atoms with Gasteiger partial charge in [0.2, 0.25) is 5.91 Å². The second kappa shape index (κ2) is 6.98. The highest BCUT2D eigenvalue weighted by atomic mass is 16.1. The maximum Gasteiger partial charge on any atom is 0.220 e. The Bertz CT molecular complexity index is 718. The van der Waals surface area contributed by atoms with Crippen LogP contribution in [0.1, 0.15) is 36.1 Å². The van der Waals surface area contributed by atoms with E-state index in [4.69, 9.17) is 0 Å². The highest BCUT2D eigenvalue weighted by Crippen LogP contribution is 2.43. The van der Waals surface area contributed by atoms with E-state index in [-0.39, 0.29) is 11.9 Å². The molecular weight excluding hydrogens is 310 g/mol. The van der Waals surface area contributed by atoms with Crippen LogP contribution in [0, 0.1) is 0 Å². The first-order valence-corrected chi connectivity index (χ1v) is 9.06. The monoisotopic (exact) mass is 335 g/mol. The SMILES string of the molecule is CN1CN(C[C@@H]2CCC(=O)N2)[C@@H](c2ccccc2)[C@@H]1c1ccccc1. The van der Waals surface area contributed by atoms with Crippen LogP contribution in [0.3, 0.4) is 0 Å². The normalized spacial score (nSPS) is 27.6. The third-order valence-electron chi connectivity index (χ3n) is 5.39. The molecule has 0 aliphatic carbocycles. The summed E-state index contributed by atoms with van der Waals surface area (Å²) in [5.41, 5.74) is 2.68. The molecule has 1 N–H and O–H groups in total. The lowest BCUT2D eigenvalue weighted by atomic mass is 9.93. The van der Waals surface area contributed by atoms with Crippen molar-refractivity contribution < 1.29 is 4.79 Å². The van der Waals surface area contributed by atoms with Crippen molar-refractivity contribution in [2.75, 3.05) is 20.3 Å². The lowest BCUT2D eigenvalue weighted by molar-refractivity contribution is -0.119. The zero-order valence-corrected chi connectivity index (χ0v) is 14.6. The first-order chi connectivity index (χ1) is 12.2. The molecule has 4 rings (SSSR count). The van der Waals surface area contributed by atoms with E-state index in [1.165, 1.54) is 11.1 Å². The number of hydrogen-bond acceptors (Lipinski definition) is 3. The van der Waals surface area contributed by atoms with E-state index >= 15 is 0 Å². The summed E-state index contributed by atoms with van der Waals surface area (Å²) in [4.78, 5) is 16.5. The second-order valence-electron chi connectivity index (χ2n) is 7.18. The summed E-state index contributed by atoms with van der Waals surface area (Å²) < 4.78 is 0. The van der Waals surface area contributed by atoms with Crippen LogP contribution >= 0.6 is 0 Å². The van der Waals surface area contributed by atoms with Crippen LogP contribution in [-0.2, 0) is 4.79 Å². The van der Waals surface area contributed by atoms with E-state index in [2.05, 4.69) is 82.8 Å². The van der Waals surface area contributed by atoms with E-state index in [9.17, 15) is 4.79 Å². The fourth-order valence-electron chi connectivity index (χ4n) is 4.30. The van der Waals surface area contributed by atoms with E-state index < -0.39 is 0 Å². The summed E-state index contributed by atoms with van der Waals surface area (Å²) in [5.74, 6) is 0.188. The van der Waals surface area contributed by atoms with Crippen molar-refractivity contribution >= 4 is 5.91 Å². The molecule has 2 aromatic carbocycles. The predicted molar refractivity (Wildman–Crippen MR) is 98.9 cm³/mol. The third kappa shape index (κ3) is 3.32. The fourth-order valence-corrected chi connectivity index (χ4v) is 4.30. The van der Waals surface area contributed by atoms with Gasteiger partial charge >= 0.3 is 0 Å². The molecule has 0 unspecified atom stereocenters. The zero-order valence-electron chi connectivity index (χ0n) is 14.6. The Labute approximate surface area is 149 Å². The number of nitrogens with zero attached hydrogens (tertiary/aromatic N) is 2. The van der Waals surface area contributed by atoms with Gasteiger partial charge in [-0.3, -0.25) is 14.6 Å². The highest BCUT2D eigenvalue weighted by molar-refractivity contribution is 5.78. The Morgan fingerprint density at radius 3 is 2.12 bits per heavy atom. The molecule has 1 amide bonds. The largest absolute Gasteiger partial charge is 0.352 e. The number of hydrogen-bond donors (Lipinski definition) is 1. The lowest BCUT2D eigenvalue weighted by Crippen LogP contribution is -2.39. The maximum atomic E-state index is 11.6. The van der Waals surface area contributed by atoms with Gasteiger partial charge in [0.05, 0.1) is 18.8 Å². The molecule has 0 spiro atoms. The van der Waals surface area contributed by atoms with Gasteiger partial charge in [0, 0.05) is 19.0 Å². The number of amides is 1. The summed E-state index contributed by atoms with van der Waals surface area (Å²) >= 11 is 0. The van der Waals surface area contributed by atoms with Gasteiger partial charge in [-0.25, -0.2) is 0 Å². The number of likely N-dealkylation sites (N-methyl/N-ethyl adjacent to an activating group) is 1. The van der Waals surface area contributed by atoms with Gasteiger partial charge in [-0.15, -0.1) is 0 Å². The Morgan fingerprint density at radius 1 is 0.960 bits per heavy atom. The van der Waals surface area contributed by atoms with Gasteiger partial charge in [0.25, 0.3) is 0 Å². The van der Waals surface area contributed by atoms with Crippen molar-refractivity contribution in [2.24, 2.45) is 0 Å². The van der Waals surface area contributed by atoms with Crippen molar-refractivity contribution in [3.05, 3.63) is 71.8 Å². The van der Waals surface area contributed by atoms with Gasteiger partial charge in [0.1, 0.15) is 0 Å². The molecule has 2 aliphatic rings. The van der Waals surface area contributed by atoms with E-state index in [0.29, 0.717) is 18.5 Å². The molecule has 0 aromatic heterocycles. The summed E-state index contributed by atoms with van der Waals surface area (Å²) in [5, 5.41) is 3.12. The van der Waals surface area contributed by atoms with E-state index in [0.717, 1.165) is 19.6 Å². The summed E-state index contributed by atoms with van der Waals surface area (Å²) in [6, 6.07) is 22.4. The van der Waals surface area contributed by atoms with Crippen LogP contribution in [0.25, 0.3) is 0 Å². The van der Waals surface area contributed by atoms with Crippen LogP contribution in [0.5, 0.6) is 0 Å². The van der Waals surface area contributed by atoms with Crippen LogP contribution in [0.2, 0.25) is 0 Å². The molecular formula is C21H25N3O. The lowest BCUT2D eigenvalue weighted by Gasteiger charge is -2.30. The van der Waals surface area contributed by atoms with Gasteiger partial charge in [-0.1, -0.05) is 60.7 Å². The van der Waals surface area contributed by atoms with Crippen LogP contribution in [-0.4, -0.2) is 42.0 Å². The molecule has 2 aliphatic heterocycles. The molecule has 2 fully saturated rings. The molecule has 25 heavy (non-hydrogen) atoms. The Balaban J connectivity index is 1.65. The van der Waals surface area contributed by atoms with Crippen molar-refractivity contribution in [3.63, 3.8) is 0 Å². The average molecular weight is 335 g/mol. The minimum atomic E-state index is 0.188. The Morgan fingerprint density at radius 2 is 1.56 bits per heavy atom. The van der Waals surface area contributed by atoms with Crippen LogP contribution < -0.4 is 5.32 Å². The summed E-state index contributed by atoms with van der Waals surface area (Å²) in [6.07, 6.45) is 1.60. The first-order valence-electron chi connectivity index (χ1n) is 9.06. The number of benzene rings is 2. The topological polar surface area (TPSA) is 35.6 Å². The molecule has 2 aromatic rings. The fraction of sp³-hybridized carbons (Fsp3) is 0.381. The smallest absolute Gasteiger partial charge is 0.220 e. The molecule has 0 radical (unpaired) electrons. The van der Waals surface area contributed by atoms with Gasteiger partial charge in [-0.05, 0) is 24.6 Å². The molecule has 2 heterocycles. The Hall–Kier alpha value is -2.17. The van der Waals surface area contributed by atoms with Crippen molar-refractivity contribution in [1.82, 2.24) is 15.1 Å². The summed E-state index contributed by atoms with van der Waals surface area (Å²) in [7, 11) is 2.20. The summed E-state index contributed by atoms with van der Waals surface area (Å²) in [6.45, 7) is 1.81. The quantitative estimate of drug-likeness (QED) is 0.933. The van der Waals surface area contributed by atoms with Crippen molar-refractivity contribution in [3.8, 4) is 0 Å². The standard InChI is InChI=1S/C21H25N3O/c1-23-15-24(14-18-12-13-19(25)22-18)21(17-10-6-3-7-11-17)20(23)16-8-4-2-5-9-16/h2-11,18,20-21H,12-15H2,1H3,(H,22,25)/t18-,20-,21-/m0/s1. The van der Waals surface area contributed by atoms with Crippen LogP contribution in [0.15, 0.2) is 60.7 Å². The minimum Gasteiger partial charge on any atom is -0.352 e. The number of carbonyl (C=O) groups is 1. The molecule has 4 nitrogen and oxygen atoms in total. The molecule has 3 atom stereocenters. The van der Waals surface area contributed by atoms with Gasteiger partial charge in [-0.2, -0.15) is 0 Å². The third-order valence-corrected chi connectivity index (χ3v) is 5.39. The van der Waals surface area contributed by atoms with Crippen molar-refractivity contribution in [2.45, 2.75) is 31.0 Å². The van der Waals surface area contributed by atoms with E-state index in [1.54, 1.807) is 0 Å². The van der Waals surface area contributed by atoms with Crippen molar-refractivity contribution in [1.29, 1.82) is 0 Å². The molecule has 2 saturated heterocycles. The first kappa shape index (κ1) is 16.3. The number of rotatable bonds is 4. The van der Waals surface area contributed by atoms with Gasteiger partial charge < -0.3 is 5.32 Å². The van der Waals surface area contributed by atoms with Crippen LogP contribution in [0.4, 0.5) is 0 Å². The van der Waals surface area contributed by atoms with Gasteiger partial charge in [0.15, 0.2) is 0 Å². The molecule has 4 heteroatoms. The predicted octanol–water partition coefficient (Wildman–Crippen LogP) is 2.95. The second-order valence-corrected chi connectivity index (χ2v) is 7.18. The highest BCUT2D eigenvalue weighted by Gasteiger charge is 2.41. The zero-order chi connectivity index (χ0) is 17.2. The average Bonchev–Trinajstić information content (AvgIpc) is 3.19. The van der Waals surface area contributed by atoms with E-state index in [1.807, 2.05) is 0 Å². The number of carbonyl (C=O) groups excluding carboxylic acids is 1. The molecule has 0 bridgehead atoms. The maximum absolute atomic E-state index is 11.6. The Kier molecular flexibility index (Phi) is 4.55. The minimum absolute atomic E-state index is 0.188. The number of nitrogens with one attached hydrogen (secondary N) is 1.